The van der Waals surface area contributed by atoms with Crippen LogP contribution in [-0.4, -0.2) is 9.97 Å². The summed E-state index contributed by atoms with van der Waals surface area (Å²) in [6.45, 7) is 0. The number of fused-ring (bicyclic) bond motifs is 10. The molecule has 0 spiro atoms. The van der Waals surface area contributed by atoms with Gasteiger partial charge in [0.1, 0.15) is 16.8 Å². The zero-order chi connectivity index (χ0) is 34.9. The summed E-state index contributed by atoms with van der Waals surface area (Å²) in [6, 6.07) is 64.7. The number of aromatic nitrogens is 2. The number of benzene rings is 9. The highest BCUT2D eigenvalue weighted by Crippen LogP contribution is 2.40. The molecule has 0 atom stereocenters. The second-order valence-electron chi connectivity index (χ2n) is 13.8. The summed E-state index contributed by atoms with van der Waals surface area (Å²) in [4.78, 5) is 10.3. The molecule has 2 aromatic heterocycles. The van der Waals surface area contributed by atoms with Gasteiger partial charge in [-0.25, -0.2) is 9.97 Å². The van der Waals surface area contributed by atoms with Crippen LogP contribution in [0.15, 0.2) is 186 Å². The number of nitrogens with zero attached hydrogens (tertiary/aromatic N) is 2. The largest absolute Gasteiger partial charge is 0.452 e. The van der Waals surface area contributed by atoms with Gasteiger partial charge in [0, 0.05) is 16.5 Å². The molecular weight excluding hydrogens is 645 g/mol. The van der Waals surface area contributed by atoms with Crippen molar-refractivity contribution in [1.29, 1.82) is 0 Å². The summed E-state index contributed by atoms with van der Waals surface area (Å²) in [5, 5.41) is 10.9. The van der Waals surface area contributed by atoms with Crippen LogP contribution in [0.3, 0.4) is 0 Å². The molecule has 0 aliphatic heterocycles. The third kappa shape index (κ3) is 4.82. The average Bonchev–Trinajstić information content (AvgIpc) is 3.60. The van der Waals surface area contributed by atoms with Crippen molar-refractivity contribution in [2.24, 2.45) is 0 Å². The molecule has 0 bridgehead atoms. The van der Waals surface area contributed by atoms with Gasteiger partial charge in [-0.3, -0.25) is 0 Å². The Bertz CT molecular complexity index is 3200. The fourth-order valence-corrected chi connectivity index (χ4v) is 8.05. The molecule has 0 saturated carbocycles. The Balaban J connectivity index is 1.06. The van der Waals surface area contributed by atoms with Gasteiger partial charge in [-0.05, 0) is 95.7 Å². The van der Waals surface area contributed by atoms with Crippen molar-refractivity contribution >= 4 is 65.2 Å². The van der Waals surface area contributed by atoms with Crippen LogP contribution in [0.1, 0.15) is 0 Å². The number of hydrogen-bond donors (Lipinski definition) is 0. The number of hydrogen-bond acceptors (Lipinski definition) is 3. The lowest BCUT2D eigenvalue weighted by Crippen LogP contribution is -1.94. The van der Waals surface area contributed by atoms with E-state index in [0.717, 1.165) is 55.2 Å². The van der Waals surface area contributed by atoms with Crippen molar-refractivity contribution < 1.29 is 4.42 Å². The Kier molecular flexibility index (Phi) is 6.55. The SMILES string of the molecule is c1ccc(-c2nc(-c3cccc(-c4cccc(-c5ccc6c7ccccc7c7ccccc7c6c5)c4)c3)c3oc4cc5ccccc5cc4c3n2)cc1. The Labute approximate surface area is 305 Å². The molecule has 0 amide bonds. The van der Waals surface area contributed by atoms with E-state index < -0.39 is 0 Å². The zero-order valence-electron chi connectivity index (χ0n) is 28.6. The summed E-state index contributed by atoms with van der Waals surface area (Å²) in [6.07, 6.45) is 0. The molecule has 11 aromatic rings. The van der Waals surface area contributed by atoms with E-state index in [-0.39, 0.29) is 0 Å². The first-order valence-electron chi connectivity index (χ1n) is 18.0. The van der Waals surface area contributed by atoms with Crippen molar-refractivity contribution in [1.82, 2.24) is 9.97 Å². The van der Waals surface area contributed by atoms with Gasteiger partial charge < -0.3 is 4.42 Å². The molecule has 3 heteroatoms. The fourth-order valence-electron chi connectivity index (χ4n) is 8.05. The van der Waals surface area contributed by atoms with Gasteiger partial charge in [0.2, 0.25) is 0 Å². The minimum absolute atomic E-state index is 0.674. The highest BCUT2D eigenvalue weighted by molar-refractivity contribution is 6.25. The first-order valence-corrected chi connectivity index (χ1v) is 18.0. The lowest BCUT2D eigenvalue weighted by molar-refractivity contribution is 0.668. The van der Waals surface area contributed by atoms with Crippen molar-refractivity contribution in [2.45, 2.75) is 0 Å². The second kappa shape index (κ2) is 11.7. The molecular formula is C50H30N2O. The van der Waals surface area contributed by atoms with E-state index in [4.69, 9.17) is 14.4 Å². The molecule has 2 heterocycles. The molecule has 0 radical (unpaired) electrons. The van der Waals surface area contributed by atoms with Gasteiger partial charge in [-0.1, -0.05) is 152 Å². The normalized spacial score (nSPS) is 11.8. The van der Waals surface area contributed by atoms with E-state index in [9.17, 15) is 0 Å². The van der Waals surface area contributed by atoms with Gasteiger partial charge in [0.05, 0.1) is 0 Å². The molecule has 3 nitrogen and oxygen atoms in total. The van der Waals surface area contributed by atoms with Crippen LogP contribution in [-0.2, 0) is 0 Å². The van der Waals surface area contributed by atoms with Gasteiger partial charge in [-0.2, -0.15) is 0 Å². The lowest BCUT2D eigenvalue weighted by atomic mass is 9.91. The predicted octanol–water partition coefficient (Wildman–Crippen LogP) is 13.7. The maximum absolute atomic E-state index is 6.63. The first kappa shape index (κ1) is 29.6. The van der Waals surface area contributed by atoms with E-state index in [0.29, 0.717) is 11.4 Å². The second-order valence-corrected chi connectivity index (χ2v) is 13.8. The molecule has 0 N–H and O–H groups in total. The summed E-state index contributed by atoms with van der Waals surface area (Å²) >= 11 is 0. The standard InChI is InChI=1S/C50H30N2O/c1-2-12-31(13-3-1)50-51-47(49-48(52-50)45-29-35-14-4-5-15-36(35)30-46(45)53-49)38-19-11-18-34(27-38)32-16-10-17-33(26-32)37-24-25-43-41-22-7-6-20-39(41)40-21-8-9-23-42(40)44(43)28-37/h1-30H. The first-order chi connectivity index (χ1) is 26.2. The molecule has 11 rings (SSSR count). The summed E-state index contributed by atoms with van der Waals surface area (Å²) in [5.41, 5.74) is 9.64. The van der Waals surface area contributed by atoms with Gasteiger partial charge in [-0.15, -0.1) is 0 Å². The molecule has 0 fully saturated rings. The van der Waals surface area contributed by atoms with Crippen LogP contribution < -0.4 is 0 Å². The predicted molar refractivity (Wildman–Crippen MR) is 221 cm³/mol. The van der Waals surface area contributed by atoms with E-state index >= 15 is 0 Å². The summed E-state index contributed by atoms with van der Waals surface area (Å²) in [5.74, 6) is 0.674. The van der Waals surface area contributed by atoms with Crippen LogP contribution in [0.5, 0.6) is 0 Å². The molecule has 53 heavy (non-hydrogen) atoms. The van der Waals surface area contributed by atoms with Gasteiger partial charge >= 0.3 is 0 Å². The van der Waals surface area contributed by atoms with Crippen molar-refractivity contribution in [3.63, 3.8) is 0 Å². The monoisotopic (exact) mass is 674 g/mol. The van der Waals surface area contributed by atoms with Gasteiger partial charge in [0.25, 0.3) is 0 Å². The topological polar surface area (TPSA) is 38.9 Å². The van der Waals surface area contributed by atoms with Crippen LogP contribution in [0.2, 0.25) is 0 Å². The molecule has 9 aromatic carbocycles. The highest BCUT2D eigenvalue weighted by Gasteiger charge is 2.19. The third-order valence-corrected chi connectivity index (χ3v) is 10.6. The van der Waals surface area contributed by atoms with Crippen LogP contribution >= 0.6 is 0 Å². The minimum atomic E-state index is 0.674. The highest BCUT2D eigenvalue weighted by atomic mass is 16.3. The number of rotatable bonds is 4. The van der Waals surface area contributed by atoms with Crippen LogP contribution in [0.4, 0.5) is 0 Å². The van der Waals surface area contributed by atoms with E-state index in [1.807, 2.05) is 18.2 Å². The number of furan rings is 1. The Morgan fingerprint density at radius 3 is 1.51 bits per heavy atom. The maximum atomic E-state index is 6.63. The van der Waals surface area contributed by atoms with Gasteiger partial charge in [0.15, 0.2) is 11.4 Å². The summed E-state index contributed by atoms with van der Waals surface area (Å²) < 4.78 is 6.63. The molecule has 0 unspecified atom stereocenters. The van der Waals surface area contributed by atoms with E-state index in [1.54, 1.807) is 0 Å². The third-order valence-electron chi connectivity index (χ3n) is 10.6. The molecule has 246 valence electrons. The van der Waals surface area contributed by atoms with Crippen LogP contribution in [0, 0.1) is 0 Å². The molecule has 0 saturated heterocycles. The maximum Gasteiger partial charge on any atom is 0.180 e. The van der Waals surface area contributed by atoms with Crippen molar-refractivity contribution in [3.05, 3.63) is 182 Å². The average molecular weight is 675 g/mol. The molecule has 0 aliphatic rings. The van der Waals surface area contributed by atoms with E-state index in [2.05, 4.69) is 164 Å². The zero-order valence-corrected chi connectivity index (χ0v) is 28.6. The smallest absolute Gasteiger partial charge is 0.180 e. The minimum Gasteiger partial charge on any atom is -0.452 e. The Hall–Kier alpha value is -7.10. The molecule has 0 aliphatic carbocycles. The van der Waals surface area contributed by atoms with Crippen LogP contribution in [0.25, 0.3) is 110 Å². The van der Waals surface area contributed by atoms with Crippen molar-refractivity contribution in [3.8, 4) is 44.9 Å². The Morgan fingerprint density at radius 1 is 0.321 bits per heavy atom. The lowest BCUT2D eigenvalue weighted by Gasteiger charge is -2.13. The fraction of sp³-hybridized carbons (Fsp3) is 0. The van der Waals surface area contributed by atoms with Crippen molar-refractivity contribution in [2.75, 3.05) is 0 Å². The quantitative estimate of drug-likeness (QED) is 0.174. The Morgan fingerprint density at radius 2 is 0.830 bits per heavy atom. The van der Waals surface area contributed by atoms with E-state index in [1.165, 1.54) is 43.4 Å². The summed E-state index contributed by atoms with van der Waals surface area (Å²) in [7, 11) is 0.